The van der Waals surface area contributed by atoms with Gasteiger partial charge in [0, 0.05) is 24.7 Å². The van der Waals surface area contributed by atoms with Crippen molar-refractivity contribution in [2.24, 2.45) is 0 Å². The second-order valence-electron chi connectivity index (χ2n) is 7.45. The molecule has 0 radical (unpaired) electrons. The number of likely N-dealkylation sites (tertiary alicyclic amines) is 1. The zero-order valence-corrected chi connectivity index (χ0v) is 16.9. The molecule has 0 saturated carbocycles. The van der Waals surface area contributed by atoms with Gasteiger partial charge in [0.05, 0.1) is 6.61 Å². The van der Waals surface area contributed by atoms with Crippen molar-refractivity contribution in [1.82, 2.24) is 10.2 Å². The highest BCUT2D eigenvalue weighted by Gasteiger charge is 2.28. The Morgan fingerprint density at radius 1 is 1.17 bits per heavy atom. The van der Waals surface area contributed by atoms with Crippen LogP contribution >= 0.6 is 0 Å². The zero-order valence-electron chi connectivity index (χ0n) is 16.9. The number of hydrogen-bond acceptors (Lipinski definition) is 4. The summed E-state index contributed by atoms with van der Waals surface area (Å²) in [5, 5.41) is 12.3. The Bertz CT molecular complexity index is 859. The Hall–Kier alpha value is -2.86. The third kappa shape index (κ3) is 5.35. The van der Waals surface area contributed by atoms with Crippen LogP contribution in [0.1, 0.15) is 41.3 Å². The van der Waals surface area contributed by atoms with Crippen LogP contribution in [0, 0.1) is 6.92 Å². The lowest BCUT2D eigenvalue weighted by atomic mass is 10.0. The molecule has 2 aromatic carbocycles. The average molecular weight is 396 g/mol. The van der Waals surface area contributed by atoms with Crippen LogP contribution in [-0.2, 0) is 11.4 Å². The number of aliphatic hydroxyl groups excluding tert-OH is 1. The van der Waals surface area contributed by atoms with E-state index in [1.807, 2.05) is 31.2 Å². The first kappa shape index (κ1) is 20.9. The third-order valence-electron chi connectivity index (χ3n) is 5.27. The molecule has 1 heterocycles. The van der Waals surface area contributed by atoms with Crippen molar-refractivity contribution in [2.45, 2.75) is 45.4 Å². The predicted octanol–water partition coefficient (Wildman–Crippen LogP) is 2.68. The summed E-state index contributed by atoms with van der Waals surface area (Å²) in [6, 6.07) is 14.7. The van der Waals surface area contributed by atoms with Crippen LogP contribution in [-0.4, -0.2) is 47.1 Å². The summed E-state index contributed by atoms with van der Waals surface area (Å²) in [6.07, 6.45) is 0.827. The second-order valence-corrected chi connectivity index (χ2v) is 7.45. The SMILES string of the molecule is Cc1ccccc1C(=O)NC1CCN(C(=O)C(C)Oc2cccc(CO)c2)CC1. The number of nitrogens with zero attached hydrogens (tertiary/aromatic N) is 1. The molecule has 1 aliphatic rings. The van der Waals surface area contributed by atoms with Gasteiger partial charge in [0.1, 0.15) is 5.75 Å². The number of hydrogen-bond donors (Lipinski definition) is 2. The van der Waals surface area contributed by atoms with Crippen LogP contribution in [0.3, 0.4) is 0 Å². The van der Waals surface area contributed by atoms with Gasteiger partial charge < -0.3 is 20.1 Å². The van der Waals surface area contributed by atoms with Crippen LogP contribution in [0.5, 0.6) is 5.75 Å². The van der Waals surface area contributed by atoms with E-state index in [1.54, 1.807) is 36.1 Å². The number of amides is 2. The number of carbonyl (C=O) groups excluding carboxylic acids is 2. The molecule has 1 unspecified atom stereocenters. The molecule has 0 bridgehead atoms. The van der Waals surface area contributed by atoms with Crippen molar-refractivity contribution >= 4 is 11.8 Å². The summed E-state index contributed by atoms with van der Waals surface area (Å²) in [5.74, 6) is 0.439. The molecule has 3 rings (SSSR count). The van der Waals surface area contributed by atoms with Crippen molar-refractivity contribution in [3.05, 3.63) is 65.2 Å². The average Bonchev–Trinajstić information content (AvgIpc) is 2.74. The highest BCUT2D eigenvalue weighted by atomic mass is 16.5. The Morgan fingerprint density at radius 2 is 1.90 bits per heavy atom. The third-order valence-corrected chi connectivity index (χ3v) is 5.27. The van der Waals surface area contributed by atoms with Gasteiger partial charge in [-0.1, -0.05) is 30.3 Å². The van der Waals surface area contributed by atoms with Crippen molar-refractivity contribution in [2.75, 3.05) is 13.1 Å². The number of carbonyl (C=O) groups is 2. The Balaban J connectivity index is 1.50. The van der Waals surface area contributed by atoms with E-state index in [2.05, 4.69) is 5.32 Å². The first-order chi connectivity index (χ1) is 14.0. The number of ether oxygens (including phenoxy) is 1. The number of benzene rings is 2. The summed E-state index contributed by atoms with van der Waals surface area (Å²) in [5.41, 5.74) is 2.39. The standard InChI is InChI=1S/C23H28N2O4/c1-16-6-3-4-9-21(16)22(27)24-19-10-12-25(13-11-19)23(28)17(2)29-20-8-5-7-18(14-20)15-26/h3-9,14,17,19,26H,10-13,15H2,1-2H3,(H,24,27). The maximum atomic E-state index is 12.7. The molecule has 1 aliphatic heterocycles. The Morgan fingerprint density at radius 3 is 2.59 bits per heavy atom. The number of nitrogens with one attached hydrogen (secondary N) is 1. The van der Waals surface area contributed by atoms with Gasteiger partial charge in [-0.2, -0.15) is 0 Å². The first-order valence-corrected chi connectivity index (χ1v) is 9.99. The molecule has 2 N–H and O–H groups in total. The molecule has 6 nitrogen and oxygen atoms in total. The minimum absolute atomic E-state index is 0.0589. The summed E-state index contributed by atoms with van der Waals surface area (Å²) in [4.78, 5) is 27.0. The van der Waals surface area contributed by atoms with Crippen molar-refractivity contribution in [1.29, 1.82) is 0 Å². The molecule has 0 aromatic heterocycles. The molecule has 0 aliphatic carbocycles. The van der Waals surface area contributed by atoms with Crippen LogP contribution in [0.2, 0.25) is 0 Å². The largest absolute Gasteiger partial charge is 0.481 e. The van der Waals surface area contributed by atoms with Crippen molar-refractivity contribution in [3.63, 3.8) is 0 Å². The Kier molecular flexibility index (Phi) is 6.88. The lowest BCUT2D eigenvalue weighted by Crippen LogP contribution is -2.49. The summed E-state index contributed by atoms with van der Waals surface area (Å²) >= 11 is 0. The van der Waals surface area contributed by atoms with Gasteiger partial charge in [0.2, 0.25) is 0 Å². The zero-order chi connectivity index (χ0) is 20.8. The van der Waals surface area contributed by atoms with E-state index in [0.29, 0.717) is 24.4 Å². The number of piperidine rings is 1. The van der Waals surface area contributed by atoms with E-state index >= 15 is 0 Å². The molecule has 2 aromatic rings. The van der Waals surface area contributed by atoms with Crippen LogP contribution < -0.4 is 10.1 Å². The van der Waals surface area contributed by atoms with Gasteiger partial charge >= 0.3 is 0 Å². The Labute approximate surface area is 171 Å². The van der Waals surface area contributed by atoms with Gasteiger partial charge in [-0.25, -0.2) is 0 Å². The summed E-state index contributed by atoms with van der Waals surface area (Å²) < 4.78 is 5.76. The van der Waals surface area contributed by atoms with Crippen LogP contribution in [0.15, 0.2) is 48.5 Å². The number of aliphatic hydroxyl groups is 1. The van der Waals surface area contributed by atoms with Crippen molar-refractivity contribution < 1.29 is 19.4 Å². The summed E-state index contributed by atoms with van der Waals surface area (Å²) in [6.45, 7) is 4.76. The van der Waals surface area contributed by atoms with Gasteiger partial charge in [-0.15, -0.1) is 0 Å². The predicted molar refractivity (Wildman–Crippen MR) is 111 cm³/mol. The molecule has 29 heavy (non-hydrogen) atoms. The molecular weight excluding hydrogens is 368 g/mol. The van der Waals surface area contributed by atoms with Crippen LogP contribution in [0.4, 0.5) is 0 Å². The number of rotatable bonds is 6. The first-order valence-electron chi connectivity index (χ1n) is 9.99. The monoisotopic (exact) mass is 396 g/mol. The fraction of sp³-hybridized carbons (Fsp3) is 0.391. The highest BCUT2D eigenvalue weighted by molar-refractivity contribution is 5.95. The van der Waals surface area contributed by atoms with E-state index in [1.165, 1.54) is 0 Å². The number of aryl methyl sites for hydroxylation is 1. The smallest absolute Gasteiger partial charge is 0.263 e. The molecule has 0 spiro atoms. The van der Waals surface area contributed by atoms with E-state index in [9.17, 15) is 14.7 Å². The topological polar surface area (TPSA) is 78.9 Å². The molecule has 154 valence electrons. The molecular formula is C23H28N2O4. The quantitative estimate of drug-likeness (QED) is 0.787. The van der Waals surface area contributed by atoms with Gasteiger partial charge in [0.25, 0.3) is 11.8 Å². The molecule has 2 amide bonds. The second kappa shape index (κ2) is 9.56. The minimum Gasteiger partial charge on any atom is -0.481 e. The van der Waals surface area contributed by atoms with Gasteiger partial charge in [0.15, 0.2) is 6.10 Å². The fourth-order valence-corrected chi connectivity index (χ4v) is 3.56. The molecule has 1 fully saturated rings. The van der Waals surface area contributed by atoms with Gasteiger partial charge in [-0.3, -0.25) is 9.59 Å². The van der Waals surface area contributed by atoms with E-state index < -0.39 is 6.10 Å². The van der Waals surface area contributed by atoms with Crippen LogP contribution in [0.25, 0.3) is 0 Å². The van der Waals surface area contributed by atoms with Gasteiger partial charge in [-0.05, 0) is 56.0 Å². The van der Waals surface area contributed by atoms with E-state index in [4.69, 9.17) is 4.74 Å². The highest BCUT2D eigenvalue weighted by Crippen LogP contribution is 2.18. The summed E-state index contributed by atoms with van der Waals surface area (Å²) in [7, 11) is 0. The van der Waals surface area contributed by atoms with Crippen molar-refractivity contribution in [3.8, 4) is 5.75 Å². The lowest BCUT2D eigenvalue weighted by molar-refractivity contribution is -0.139. The maximum Gasteiger partial charge on any atom is 0.263 e. The van der Waals surface area contributed by atoms with E-state index in [0.717, 1.165) is 24.0 Å². The maximum absolute atomic E-state index is 12.7. The molecule has 1 atom stereocenters. The normalized spacial score (nSPS) is 15.6. The lowest BCUT2D eigenvalue weighted by Gasteiger charge is -2.34. The fourth-order valence-electron chi connectivity index (χ4n) is 3.56. The minimum atomic E-state index is -0.609. The molecule has 6 heteroatoms. The van der Waals surface area contributed by atoms with E-state index in [-0.39, 0.29) is 24.5 Å². The molecule has 1 saturated heterocycles.